The van der Waals surface area contributed by atoms with E-state index < -0.39 is 103 Å². The molecule has 0 heterocycles. The fraction of sp³-hybridized carbons (Fsp3) is 1.00. The van der Waals surface area contributed by atoms with Crippen molar-refractivity contribution in [2.45, 2.75) is 103 Å². The van der Waals surface area contributed by atoms with Gasteiger partial charge in [-0.2, -0.15) is 149 Å². The molecule has 0 aromatic carbocycles. The molecular formula is C17HF35O5. The lowest BCUT2D eigenvalue weighted by Gasteiger charge is -2.44. The molecule has 0 aliphatic rings. The second-order valence-electron chi connectivity index (χ2n) is 9.41. The van der Waals surface area contributed by atoms with Crippen LogP contribution in [0.5, 0.6) is 0 Å². The molecule has 0 spiro atoms. The molecule has 0 aromatic rings. The summed E-state index contributed by atoms with van der Waals surface area (Å²) in [6, 6.07) is 0. The van der Waals surface area contributed by atoms with Crippen LogP contribution in [0.1, 0.15) is 0 Å². The molecule has 5 atom stereocenters. The van der Waals surface area contributed by atoms with Crippen molar-refractivity contribution in [1.82, 2.24) is 0 Å². The molecule has 5 nitrogen and oxygen atoms in total. The molecule has 0 unspecified atom stereocenters. The van der Waals surface area contributed by atoms with Gasteiger partial charge in [0.1, 0.15) is 0 Å². The normalized spacial score (nSPS) is 20.7. The molecule has 0 fully saturated rings. The summed E-state index contributed by atoms with van der Waals surface area (Å²) in [5.41, 5.74) is 0. The van der Waals surface area contributed by atoms with E-state index in [1.54, 1.807) is 0 Å². The molecule has 57 heavy (non-hydrogen) atoms. The minimum atomic E-state index is -9.53. The van der Waals surface area contributed by atoms with Gasteiger partial charge < -0.3 is 0 Å². The predicted octanol–water partition coefficient (Wildman–Crippen LogP) is 11.0. The summed E-state index contributed by atoms with van der Waals surface area (Å²) in [7, 11) is 0. The van der Waals surface area contributed by atoms with Crippen molar-refractivity contribution < 1.29 is 177 Å². The van der Waals surface area contributed by atoms with E-state index in [0.717, 1.165) is 9.47 Å². The van der Waals surface area contributed by atoms with Crippen LogP contribution in [0.15, 0.2) is 0 Å². The van der Waals surface area contributed by atoms with Crippen LogP contribution in [-0.4, -0.2) is 103 Å². The van der Waals surface area contributed by atoms with Crippen LogP contribution in [0, 0.1) is 0 Å². The van der Waals surface area contributed by atoms with E-state index in [4.69, 9.17) is 0 Å². The van der Waals surface area contributed by atoms with Crippen LogP contribution in [-0.2, 0) is 23.7 Å². The smallest absolute Gasteiger partial charge is 0.272 e. The zero-order valence-electron chi connectivity index (χ0n) is 23.8. The quantitative estimate of drug-likeness (QED) is 0.153. The van der Waals surface area contributed by atoms with Gasteiger partial charge in [-0.3, -0.25) is 23.7 Å². The minimum absolute atomic E-state index is 0.705. The molecule has 0 amide bonds. The van der Waals surface area contributed by atoms with Crippen molar-refractivity contribution in [1.29, 1.82) is 0 Å². The third kappa shape index (κ3) is 9.40. The molecule has 0 saturated carbocycles. The van der Waals surface area contributed by atoms with Crippen molar-refractivity contribution in [2.24, 2.45) is 0 Å². The van der Waals surface area contributed by atoms with E-state index >= 15 is 0 Å². The second-order valence-corrected chi connectivity index (χ2v) is 9.41. The Morgan fingerprint density at radius 1 is 0.246 bits per heavy atom. The monoisotopic (exact) mass is 950 g/mol. The first kappa shape index (κ1) is 54.3. The lowest BCUT2D eigenvalue weighted by atomic mass is 10.2. The maximum Gasteiger partial charge on any atom is 0.462 e. The molecule has 344 valence electrons. The van der Waals surface area contributed by atoms with Crippen molar-refractivity contribution in [2.75, 3.05) is 0 Å². The first-order valence-corrected chi connectivity index (χ1v) is 11.5. The van der Waals surface area contributed by atoms with Gasteiger partial charge in [0.2, 0.25) is 0 Å². The Balaban J connectivity index is 7.87. The Labute approximate surface area is 282 Å². The van der Waals surface area contributed by atoms with Crippen LogP contribution >= 0.6 is 0 Å². The fourth-order valence-corrected chi connectivity index (χ4v) is 2.53. The lowest BCUT2D eigenvalue weighted by molar-refractivity contribution is -0.599. The van der Waals surface area contributed by atoms with Gasteiger partial charge in [-0.15, -0.1) is 0 Å². The third-order valence-electron chi connectivity index (χ3n) is 5.26. The molecule has 0 aliphatic heterocycles. The molecule has 0 bridgehead atoms. The topological polar surface area (TPSA) is 46.2 Å². The van der Waals surface area contributed by atoms with E-state index in [0.29, 0.717) is 9.47 Å². The Kier molecular flexibility index (Phi) is 13.6. The van der Waals surface area contributed by atoms with Crippen molar-refractivity contribution in [3.8, 4) is 0 Å². The van der Waals surface area contributed by atoms with Crippen molar-refractivity contribution in [3.63, 3.8) is 0 Å². The Bertz CT molecular complexity index is 1380. The lowest BCUT2D eigenvalue weighted by Crippen LogP contribution is -2.72. The van der Waals surface area contributed by atoms with E-state index in [1.165, 1.54) is 4.74 Å². The summed E-state index contributed by atoms with van der Waals surface area (Å²) in [4.78, 5) is 0. The van der Waals surface area contributed by atoms with Crippen LogP contribution < -0.4 is 0 Å². The molecule has 0 saturated heterocycles. The molecule has 0 aliphatic carbocycles. The molecular weight excluding hydrogens is 949 g/mol. The Morgan fingerprint density at radius 3 is 0.614 bits per heavy atom. The summed E-state index contributed by atoms with van der Waals surface area (Å²) in [5.74, 6) is -45.6. The van der Waals surface area contributed by atoms with Crippen LogP contribution in [0.2, 0.25) is 0 Å². The maximum atomic E-state index is 14.5. The minimum Gasteiger partial charge on any atom is -0.272 e. The number of halogens is 35. The number of hydrogen-bond donors (Lipinski definition) is 0. The zero-order chi connectivity index (χ0) is 47.1. The molecule has 0 N–H and O–H groups in total. The zero-order valence-corrected chi connectivity index (χ0v) is 23.8. The highest BCUT2D eigenvalue weighted by Crippen LogP contribution is 2.62. The Morgan fingerprint density at radius 2 is 0.439 bits per heavy atom. The number of hydrogen-bond acceptors (Lipinski definition) is 5. The van der Waals surface area contributed by atoms with Gasteiger partial charge in [0.15, 0.2) is 0 Å². The predicted molar refractivity (Wildman–Crippen MR) is 91.7 cm³/mol. The molecule has 0 aromatic heterocycles. The highest BCUT2D eigenvalue weighted by Gasteiger charge is 2.91. The van der Waals surface area contributed by atoms with Gasteiger partial charge in [-0.25, -0.2) is 4.39 Å². The molecule has 0 radical (unpaired) electrons. The SMILES string of the molecule is F[C@@H](OC(F)(F)[C@@](F)(OC(F)(F)[C@@](F)(OC(F)(F)[C@@](F)(OC(F)(F)[C@@](F)(OC(F)(F)C(F)(F)C(F)(F)F)C(F)(F)F)C(F)(F)F)C(F)(F)F)C(F)(F)F)C(F)(F)F. The van der Waals surface area contributed by atoms with Gasteiger partial charge in [0, 0.05) is 0 Å². The highest BCUT2D eigenvalue weighted by atomic mass is 19.5. The third-order valence-corrected chi connectivity index (χ3v) is 5.26. The van der Waals surface area contributed by atoms with Gasteiger partial charge in [0.25, 0.3) is 6.36 Å². The average Bonchev–Trinajstić information content (AvgIpc) is 2.87. The van der Waals surface area contributed by atoms with E-state index in [-0.39, 0.29) is 0 Å². The average molecular weight is 950 g/mol. The highest BCUT2D eigenvalue weighted by molar-refractivity contribution is 5.00. The van der Waals surface area contributed by atoms with Crippen molar-refractivity contribution in [3.05, 3.63) is 0 Å². The molecule has 0 rings (SSSR count). The number of rotatable bonds is 15. The number of ether oxygens (including phenoxy) is 5. The fourth-order valence-electron chi connectivity index (χ4n) is 2.53. The van der Waals surface area contributed by atoms with E-state index in [1.807, 2.05) is 0 Å². The maximum absolute atomic E-state index is 14.5. The molecule has 40 heteroatoms. The Hall–Kier alpha value is -2.65. The van der Waals surface area contributed by atoms with Crippen LogP contribution in [0.4, 0.5) is 154 Å². The van der Waals surface area contributed by atoms with E-state index in [9.17, 15) is 154 Å². The van der Waals surface area contributed by atoms with Gasteiger partial charge in [-0.1, -0.05) is 0 Å². The first-order valence-electron chi connectivity index (χ1n) is 11.5. The summed E-state index contributed by atoms with van der Waals surface area (Å²) >= 11 is 0. The van der Waals surface area contributed by atoms with Crippen LogP contribution in [0.3, 0.4) is 0 Å². The summed E-state index contributed by atoms with van der Waals surface area (Å²) < 4.78 is 467. The second kappa shape index (κ2) is 14.2. The largest absolute Gasteiger partial charge is 0.462 e. The van der Waals surface area contributed by atoms with Gasteiger partial charge >= 0.3 is 96.9 Å². The van der Waals surface area contributed by atoms with Crippen LogP contribution in [0.25, 0.3) is 0 Å². The van der Waals surface area contributed by atoms with Gasteiger partial charge in [-0.05, 0) is 0 Å². The standard InChI is InChI=1S/C17HF35O5/c18-1(2(19,20)21)53-14(45,46)4(24,9(31,32)33)55-16(49,50)6(26,11(37,38)39)57-17(51,52)7(27,12(40,41)42)56-15(47,48)5(25,10(34,35)36)54-13(43,44)3(22,23)8(28,29)30/h1H/t1-,4-,5-,6-,7-/m0/s1. The summed E-state index contributed by atoms with van der Waals surface area (Å²) in [5, 5.41) is 0. The first-order chi connectivity index (χ1) is 24.0. The van der Waals surface area contributed by atoms with E-state index in [2.05, 4.69) is 0 Å². The summed E-state index contributed by atoms with van der Waals surface area (Å²) in [6.45, 7) is 0. The van der Waals surface area contributed by atoms with Gasteiger partial charge in [0.05, 0.1) is 0 Å². The summed E-state index contributed by atoms with van der Waals surface area (Å²) in [6.07, 6.45) is -103. The van der Waals surface area contributed by atoms with Crippen molar-refractivity contribution >= 4 is 0 Å². The number of alkyl halides is 35.